The van der Waals surface area contributed by atoms with E-state index in [4.69, 9.17) is 14.6 Å². The van der Waals surface area contributed by atoms with Crippen LogP contribution in [0.2, 0.25) is 0 Å². The number of esters is 1. The highest BCUT2D eigenvalue weighted by Gasteiger charge is 2.38. The topological polar surface area (TPSA) is 89.9 Å². The molecule has 0 fully saturated rings. The Kier molecular flexibility index (Phi) is 4.97. The fraction of sp³-hybridized carbons (Fsp3) is 0.0800. The van der Waals surface area contributed by atoms with Gasteiger partial charge in [-0.3, -0.25) is 9.59 Å². The predicted octanol–water partition coefficient (Wildman–Crippen LogP) is 4.86. The van der Waals surface area contributed by atoms with Crippen LogP contribution in [-0.2, 0) is 4.79 Å². The molecule has 1 N–H and O–H groups in total. The molecule has 0 aromatic heterocycles. The zero-order valence-electron chi connectivity index (χ0n) is 17.1. The lowest BCUT2D eigenvalue weighted by Gasteiger charge is -2.26. The van der Waals surface area contributed by atoms with E-state index >= 15 is 0 Å². The third-order valence-corrected chi connectivity index (χ3v) is 5.64. The molecule has 3 aromatic carbocycles. The number of allylic oxidation sites excluding steroid dienone is 1. The van der Waals surface area contributed by atoms with Crippen molar-refractivity contribution in [2.75, 3.05) is 0 Å². The molecule has 0 radical (unpaired) electrons. The molecule has 2 aliphatic heterocycles. The minimum absolute atomic E-state index is 0.0658. The molecular weight excluding hydrogens is 453 g/mol. The van der Waals surface area contributed by atoms with E-state index in [1.807, 2.05) is 0 Å². The summed E-state index contributed by atoms with van der Waals surface area (Å²) in [5.74, 6) is -7.19. The lowest BCUT2D eigenvalue weighted by molar-refractivity contribution is -0.135. The lowest BCUT2D eigenvalue weighted by Crippen LogP contribution is -2.21. The average Bonchev–Trinajstić information content (AvgIpc) is 3.12. The van der Waals surface area contributed by atoms with E-state index in [9.17, 15) is 27.6 Å². The van der Waals surface area contributed by atoms with Crippen molar-refractivity contribution in [1.82, 2.24) is 0 Å². The first-order valence-electron chi connectivity index (χ1n) is 10.0. The van der Waals surface area contributed by atoms with Crippen LogP contribution < -0.4 is 9.47 Å². The zero-order chi connectivity index (χ0) is 24.1. The van der Waals surface area contributed by atoms with Gasteiger partial charge in [0.05, 0.1) is 17.5 Å². The molecule has 0 saturated heterocycles. The van der Waals surface area contributed by atoms with Crippen molar-refractivity contribution in [2.45, 2.75) is 12.3 Å². The zero-order valence-corrected chi connectivity index (χ0v) is 17.1. The van der Waals surface area contributed by atoms with Gasteiger partial charge in [-0.1, -0.05) is 12.1 Å². The van der Waals surface area contributed by atoms with Gasteiger partial charge < -0.3 is 14.6 Å². The number of ketones is 1. The van der Waals surface area contributed by atoms with Gasteiger partial charge in [0.2, 0.25) is 5.78 Å². The average molecular weight is 466 g/mol. The van der Waals surface area contributed by atoms with Crippen molar-refractivity contribution >= 4 is 23.8 Å². The predicted molar refractivity (Wildman–Crippen MR) is 111 cm³/mol. The summed E-state index contributed by atoms with van der Waals surface area (Å²) in [7, 11) is 0. The smallest absolute Gasteiger partial charge is 0.335 e. The number of carbonyl (C=O) groups is 3. The first-order valence-corrected chi connectivity index (χ1v) is 10.0. The molecule has 9 heteroatoms. The third kappa shape index (κ3) is 3.51. The van der Waals surface area contributed by atoms with Crippen LogP contribution in [-0.4, -0.2) is 22.8 Å². The van der Waals surface area contributed by atoms with Crippen molar-refractivity contribution in [3.63, 3.8) is 0 Å². The van der Waals surface area contributed by atoms with Gasteiger partial charge in [-0.25, -0.2) is 18.0 Å². The number of hydrogen-bond acceptors (Lipinski definition) is 5. The van der Waals surface area contributed by atoms with Gasteiger partial charge in [0.1, 0.15) is 11.5 Å². The van der Waals surface area contributed by atoms with Crippen molar-refractivity contribution in [2.24, 2.45) is 0 Å². The van der Waals surface area contributed by atoms with Gasteiger partial charge in [0.15, 0.2) is 23.2 Å². The molecule has 0 saturated carbocycles. The monoisotopic (exact) mass is 466 g/mol. The number of carboxylic acid groups (broad SMARTS) is 1. The Hall–Kier alpha value is -4.40. The minimum atomic E-state index is -1.63. The van der Waals surface area contributed by atoms with Crippen LogP contribution in [0, 0.1) is 17.5 Å². The molecule has 1 unspecified atom stereocenters. The van der Waals surface area contributed by atoms with E-state index in [1.165, 1.54) is 24.3 Å². The van der Waals surface area contributed by atoms with Crippen LogP contribution in [0.1, 0.15) is 49.7 Å². The number of aromatic carboxylic acids is 1. The summed E-state index contributed by atoms with van der Waals surface area (Å²) < 4.78 is 51.6. The summed E-state index contributed by atoms with van der Waals surface area (Å²) in [6.45, 7) is 0. The van der Waals surface area contributed by atoms with E-state index < -0.39 is 41.1 Å². The van der Waals surface area contributed by atoms with Crippen LogP contribution in [0.15, 0.2) is 54.3 Å². The molecule has 34 heavy (non-hydrogen) atoms. The summed E-state index contributed by atoms with van der Waals surface area (Å²) >= 11 is 0. The van der Waals surface area contributed by atoms with Crippen LogP contribution in [0.4, 0.5) is 13.2 Å². The fourth-order valence-corrected chi connectivity index (χ4v) is 4.06. The first kappa shape index (κ1) is 21.4. The number of rotatable bonds is 3. The van der Waals surface area contributed by atoms with E-state index in [0.29, 0.717) is 11.1 Å². The highest BCUT2D eigenvalue weighted by molar-refractivity contribution is 6.15. The molecule has 3 aromatic rings. The van der Waals surface area contributed by atoms with Gasteiger partial charge in [-0.05, 0) is 53.6 Å². The summed E-state index contributed by atoms with van der Waals surface area (Å²) in [6.07, 6.45) is 1.01. The normalized spacial score (nSPS) is 17.7. The van der Waals surface area contributed by atoms with E-state index in [1.54, 1.807) is 12.1 Å². The molecule has 0 spiro atoms. The Bertz CT molecular complexity index is 1400. The standard InChI is InChI=1S/C25H13F3O6/c26-16-7-11(8-17(27)22(16)28)9-19-23(30)14-5-6-18-21(24(14)34-19)15(10-20(29)33-18)12-1-3-13(4-2-12)25(31)32/h1-9,15H,10H2,(H,31,32). The Morgan fingerprint density at radius 3 is 2.29 bits per heavy atom. The number of carboxylic acids is 1. The maximum Gasteiger partial charge on any atom is 0.335 e. The number of ether oxygens (including phenoxy) is 2. The van der Waals surface area contributed by atoms with Crippen LogP contribution >= 0.6 is 0 Å². The highest BCUT2D eigenvalue weighted by atomic mass is 19.2. The Balaban J connectivity index is 1.59. The van der Waals surface area contributed by atoms with Crippen LogP contribution in [0.25, 0.3) is 6.08 Å². The molecule has 2 heterocycles. The van der Waals surface area contributed by atoms with Gasteiger partial charge >= 0.3 is 11.9 Å². The van der Waals surface area contributed by atoms with Crippen LogP contribution in [0.3, 0.4) is 0 Å². The second kappa shape index (κ2) is 7.87. The Morgan fingerprint density at radius 1 is 0.971 bits per heavy atom. The number of fused-ring (bicyclic) bond motifs is 3. The molecule has 1 atom stereocenters. The van der Waals surface area contributed by atoms with Crippen molar-refractivity contribution in [3.05, 3.63) is 99.6 Å². The quantitative estimate of drug-likeness (QED) is 0.257. The van der Waals surface area contributed by atoms with Gasteiger partial charge in [0, 0.05) is 11.5 Å². The fourth-order valence-electron chi connectivity index (χ4n) is 4.06. The molecule has 0 amide bonds. The Morgan fingerprint density at radius 2 is 1.65 bits per heavy atom. The number of hydrogen-bond donors (Lipinski definition) is 1. The molecule has 0 aliphatic carbocycles. The maximum absolute atomic E-state index is 13.6. The largest absolute Gasteiger partial charge is 0.478 e. The summed E-state index contributed by atoms with van der Waals surface area (Å²) in [6, 6.07) is 10.2. The summed E-state index contributed by atoms with van der Waals surface area (Å²) in [4.78, 5) is 36.3. The van der Waals surface area contributed by atoms with Gasteiger partial charge in [0.25, 0.3) is 0 Å². The van der Waals surface area contributed by atoms with Crippen molar-refractivity contribution in [3.8, 4) is 11.5 Å². The molecule has 5 rings (SSSR count). The summed E-state index contributed by atoms with van der Waals surface area (Å²) in [5.41, 5.74) is 1.11. The highest BCUT2D eigenvalue weighted by Crippen LogP contribution is 2.49. The maximum atomic E-state index is 13.6. The number of benzene rings is 3. The number of Topliss-reactive ketones (excluding diaryl/α,β-unsaturated/α-hetero) is 1. The summed E-state index contributed by atoms with van der Waals surface area (Å²) in [5, 5.41) is 9.14. The van der Waals surface area contributed by atoms with Crippen molar-refractivity contribution in [1.29, 1.82) is 0 Å². The lowest BCUT2D eigenvalue weighted by atomic mass is 9.84. The Labute approximate surface area is 189 Å². The minimum Gasteiger partial charge on any atom is -0.478 e. The number of carbonyl (C=O) groups excluding carboxylic acids is 2. The second-order valence-corrected chi connectivity index (χ2v) is 7.75. The van der Waals surface area contributed by atoms with Crippen LogP contribution in [0.5, 0.6) is 11.5 Å². The molecule has 6 nitrogen and oxygen atoms in total. The molecule has 170 valence electrons. The first-order chi connectivity index (χ1) is 16.2. The SMILES string of the molecule is O=C1CC(c2ccc(C(=O)O)cc2)c2c(ccc3c2OC(=Cc2cc(F)c(F)c(F)c2)C3=O)O1. The van der Waals surface area contributed by atoms with E-state index in [2.05, 4.69) is 0 Å². The molecular formula is C25H13F3O6. The molecule has 2 aliphatic rings. The van der Waals surface area contributed by atoms with Gasteiger partial charge in [-0.2, -0.15) is 0 Å². The molecule has 0 bridgehead atoms. The van der Waals surface area contributed by atoms with E-state index in [0.717, 1.165) is 18.2 Å². The third-order valence-electron chi connectivity index (χ3n) is 5.64. The number of halogens is 3. The van der Waals surface area contributed by atoms with Crippen molar-refractivity contribution < 1.29 is 42.1 Å². The van der Waals surface area contributed by atoms with Gasteiger partial charge in [-0.15, -0.1) is 0 Å². The van der Waals surface area contributed by atoms with E-state index in [-0.39, 0.29) is 40.4 Å². The second-order valence-electron chi connectivity index (χ2n) is 7.75.